The molecule has 0 aromatic carbocycles. The normalized spacial score (nSPS) is 22.8. The van der Waals surface area contributed by atoms with E-state index in [0.29, 0.717) is 11.4 Å². The highest BCUT2D eigenvalue weighted by Gasteiger charge is 2.31. The third kappa shape index (κ3) is 3.66. The summed E-state index contributed by atoms with van der Waals surface area (Å²) >= 11 is 0. The summed E-state index contributed by atoms with van der Waals surface area (Å²) < 4.78 is 35.2. The average Bonchev–Trinajstić information content (AvgIpc) is 3.05. The number of sulfonamides is 1. The maximum absolute atomic E-state index is 12.5. The summed E-state index contributed by atoms with van der Waals surface area (Å²) in [6.45, 7) is 3.39. The van der Waals surface area contributed by atoms with Gasteiger partial charge in [-0.15, -0.1) is 0 Å². The molecular formula is C14H25N3O3S. The molecule has 1 aromatic rings. The van der Waals surface area contributed by atoms with Gasteiger partial charge in [0.15, 0.2) is 0 Å². The summed E-state index contributed by atoms with van der Waals surface area (Å²) in [5.74, 6) is 0. The third-order valence-corrected chi connectivity index (χ3v) is 5.49. The maximum Gasteiger partial charge on any atom is 0.242 e. The van der Waals surface area contributed by atoms with Gasteiger partial charge in [-0.25, -0.2) is 13.1 Å². The number of nitrogens with one attached hydrogen (secondary N) is 2. The average molecular weight is 315 g/mol. The number of rotatable bonds is 7. The van der Waals surface area contributed by atoms with E-state index < -0.39 is 10.0 Å². The highest BCUT2D eigenvalue weighted by molar-refractivity contribution is 7.89. The lowest BCUT2D eigenvalue weighted by Crippen LogP contribution is -2.40. The van der Waals surface area contributed by atoms with Crippen molar-refractivity contribution in [1.29, 1.82) is 0 Å². The Morgan fingerprint density at radius 3 is 2.81 bits per heavy atom. The predicted molar refractivity (Wildman–Crippen MR) is 81.6 cm³/mol. The van der Waals surface area contributed by atoms with Crippen LogP contribution in [-0.2, 0) is 27.8 Å². The molecule has 2 N–H and O–H groups in total. The van der Waals surface area contributed by atoms with E-state index in [1.54, 1.807) is 19.4 Å². The number of methoxy groups -OCH3 is 1. The van der Waals surface area contributed by atoms with E-state index in [4.69, 9.17) is 4.74 Å². The van der Waals surface area contributed by atoms with Gasteiger partial charge in [-0.05, 0) is 39.3 Å². The van der Waals surface area contributed by atoms with Crippen LogP contribution in [0.3, 0.4) is 0 Å². The minimum absolute atomic E-state index is 0.0233. The first-order valence-electron chi connectivity index (χ1n) is 7.40. The summed E-state index contributed by atoms with van der Waals surface area (Å²) in [5.41, 5.74) is 0.968. The van der Waals surface area contributed by atoms with E-state index in [1.807, 2.05) is 18.5 Å². The molecule has 120 valence electrons. The molecule has 0 saturated heterocycles. The first kappa shape index (κ1) is 16.5. The Morgan fingerprint density at radius 2 is 2.19 bits per heavy atom. The summed E-state index contributed by atoms with van der Waals surface area (Å²) in [6.07, 6.45) is 4.41. The summed E-state index contributed by atoms with van der Waals surface area (Å²) in [4.78, 5) is 0.330. The van der Waals surface area contributed by atoms with Gasteiger partial charge in [0.2, 0.25) is 10.0 Å². The molecule has 1 aromatic heterocycles. The molecule has 21 heavy (non-hydrogen) atoms. The minimum atomic E-state index is -3.50. The first-order valence-corrected chi connectivity index (χ1v) is 8.89. The smallest absolute Gasteiger partial charge is 0.242 e. The maximum atomic E-state index is 12.5. The number of hydrogen-bond acceptors (Lipinski definition) is 4. The lowest BCUT2D eigenvalue weighted by molar-refractivity contribution is 0.0916. The molecule has 2 rings (SSSR count). The number of ether oxygens (including phenoxy) is 1. The molecular weight excluding hydrogens is 290 g/mol. The molecule has 2 atom stereocenters. The van der Waals surface area contributed by atoms with Crippen molar-refractivity contribution in [2.75, 3.05) is 14.2 Å². The van der Waals surface area contributed by atoms with Gasteiger partial charge in [0.05, 0.1) is 11.0 Å². The highest BCUT2D eigenvalue weighted by Crippen LogP contribution is 2.24. The first-order chi connectivity index (χ1) is 10.0. The Balaban J connectivity index is 2.19. The van der Waals surface area contributed by atoms with Crippen LogP contribution < -0.4 is 10.0 Å². The predicted octanol–water partition coefficient (Wildman–Crippen LogP) is 1.07. The van der Waals surface area contributed by atoms with E-state index in [-0.39, 0.29) is 12.1 Å². The second kappa shape index (κ2) is 6.91. The fraction of sp³-hybridized carbons (Fsp3) is 0.714. The fourth-order valence-electron chi connectivity index (χ4n) is 2.91. The number of aromatic nitrogens is 1. The van der Waals surface area contributed by atoms with Crippen molar-refractivity contribution in [2.24, 2.45) is 0 Å². The second-order valence-electron chi connectivity index (χ2n) is 5.42. The van der Waals surface area contributed by atoms with Gasteiger partial charge in [0.25, 0.3) is 0 Å². The van der Waals surface area contributed by atoms with Crippen molar-refractivity contribution < 1.29 is 13.2 Å². The van der Waals surface area contributed by atoms with Crippen LogP contribution in [0.25, 0.3) is 0 Å². The Bertz CT molecular complexity index is 568. The van der Waals surface area contributed by atoms with Crippen LogP contribution in [0.1, 0.15) is 31.9 Å². The van der Waals surface area contributed by atoms with Crippen molar-refractivity contribution in [3.8, 4) is 0 Å². The molecule has 0 radical (unpaired) electrons. The Kier molecular flexibility index (Phi) is 5.43. The minimum Gasteiger partial charge on any atom is -0.380 e. The molecule has 6 nitrogen and oxygen atoms in total. The lowest BCUT2D eigenvalue weighted by atomic mass is 10.2. The topological polar surface area (TPSA) is 72.4 Å². The Labute approximate surface area is 126 Å². The van der Waals surface area contributed by atoms with E-state index >= 15 is 0 Å². The Hall–Kier alpha value is -0.890. The van der Waals surface area contributed by atoms with Gasteiger partial charge >= 0.3 is 0 Å². The van der Waals surface area contributed by atoms with Crippen molar-refractivity contribution in [2.45, 2.75) is 56.3 Å². The quantitative estimate of drug-likeness (QED) is 0.789. The summed E-state index contributed by atoms with van der Waals surface area (Å²) in [7, 11) is -0.0123. The van der Waals surface area contributed by atoms with Crippen LogP contribution in [-0.4, -0.2) is 39.3 Å². The van der Waals surface area contributed by atoms with Crippen LogP contribution >= 0.6 is 0 Å². The van der Waals surface area contributed by atoms with Crippen LogP contribution in [0, 0.1) is 0 Å². The molecule has 1 aliphatic carbocycles. The fourth-order valence-corrected chi connectivity index (χ4v) is 4.27. The van der Waals surface area contributed by atoms with E-state index in [0.717, 1.165) is 31.5 Å². The lowest BCUT2D eigenvalue weighted by Gasteiger charge is -2.19. The van der Waals surface area contributed by atoms with E-state index in [1.165, 1.54) is 0 Å². The second-order valence-corrected chi connectivity index (χ2v) is 7.13. The zero-order valence-corrected chi connectivity index (χ0v) is 13.7. The van der Waals surface area contributed by atoms with Crippen molar-refractivity contribution >= 4 is 10.0 Å². The van der Waals surface area contributed by atoms with Crippen LogP contribution in [0.15, 0.2) is 17.2 Å². The molecule has 1 heterocycles. The van der Waals surface area contributed by atoms with Gasteiger partial charge in [-0.3, -0.25) is 0 Å². The highest BCUT2D eigenvalue weighted by atomic mass is 32.2. The zero-order chi connectivity index (χ0) is 15.5. The van der Waals surface area contributed by atoms with Crippen molar-refractivity contribution in [3.05, 3.63) is 18.0 Å². The number of aryl methyl sites for hydroxylation is 1. The van der Waals surface area contributed by atoms with Crippen LogP contribution in [0.2, 0.25) is 0 Å². The third-order valence-electron chi connectivity index (χ3n) is 4.03. The van der Waals surface area contributed by atoms with Crippen LogP contribution in [0.5, 0.6) is 0 Å². The van der Waals surface area contributed by atoms with Crippen LogP contribution in [0.4, 0.5) is 0 Å². The molecule has 0 aliphatic heterocycles. The van der Waals surface area contributed by atoms with Gasteiger partial charge in [0, 0.05) is 38.1 Å². The van der Waals surface area contributed by atoms with Gasteiger partial charge in [0.1, 0.15) is 0 Å². The van der Waals surface area contributed by atoms with E-state index in [2.05, 4.69) is 10.0 Å². The molecule has 0 amide bonds. The molecule has 1 aliphatic rings. The Morgan fingerprint density at radius 1 is 1.43 bits per heavy atom. The molecule has 1 saturated carbocycles. The van der Waals surface area contributed by atoms with Gasteiger partial charge in [-0.2, -0.15) is 0 Å². The van der Waals surface area contributed by atoms with Gasteiger partial charge < -0.3 is 14.6 Å². The van der Waals surface area contributed by atoms with Crippen molar-refractivity contribution in [3.63, 3.8) is 0 Å². The number of hydrogen-bond donors (Lipinski definition) is 2. The summed E-state index contributed by atoms with van der Waals surface area (Å²) in [6, 6.07) is 1.61. The standard InChI is InChI=1S/C14H25N3O3S/c1-4-17-10-12(8-11(17)9-15-2)21(18,19)16-13-6-5-7-14(13)20-3/h8,10,13-16H,4-7,9H2,1-3H3. The SMILES string of the molecule is CCn1cc(S(=O)(=O)NC2CCCC2OC)cc1CNC. The molecule has 0 bridgehead atoms. The summed E-state index contributed by atoms with van der Waals surface area (Å²) in [5, 5.41) is 3.06. The zero-order valence-electron chi connectivity index (χ0n) is 12.9. The van der Waals surface area contributed by atoms with E-state index in [9.17, 15) is 8.42 Å². The molecule has 0 spiro atoms. The molecule has 7 heteroatoms. The van der Waals surface area contributed by atoms with Crippen molar-refractivity contribution in [1.82, 2.24) is 14.6 Å². The van der Waals surface area contributed by atoms with Gasteiger partial charge in [-0.1, -0.05) is 0 Å². The largest absolute Gasteiger partial charge is 0.380 e. The molecule has 2 unspecified atom stereocenters. The number of nitrogens with zero attached hydrogens (tertiary/aromatic N) is 1. The monoisotopic (exact) mass is 315 g/mol. The molecule has 1 fully saturated rings.